The number of esters is 1. The van der Waals surface area contributed by atoms with Gasteiger partial charge in [-0.2, -0.15) is 11.8 Å². The summed E-state index contributed by atoms with van der Waals surface area (Å²) in [5, 5.41) is 0. The number of carbonyl (C=O) groups is 2. The van der Waals surface area contributed by atoms with Gasteiger partial charge in [-0.25, -0.2) is 4.79 Å². The summed E-state index contributed by atoms with van der Waals surface area (Å²) in [5.74, 6) is 1.59. The number of thioether (sulfide) groups is 1. The van der Waals surface area contributed by atoms with Crippen LogP contribution in [0.15, 0.2) is 12.2 Å². The summed E-state index contributed by atoms with van der Waals surface area (Å²) in [6.07, 6.45) is 1.68. The first-order valence-electron chi connectivity index (χ1n) is 5.79. The lowest BCUT2D eigenvalue weighted by Crippen LogP contribution is -2.27. The lowest BCUT2D eigenvalue weighted by molar-refractivity contribution is -0.138. The first-order chi connectivity index (χ1) is 8.11. The number of nitrogens with zero attached hydrogens (tertiary/aromatic N) is 1. The molecule has 0 aromatic rings. The molecule has 0 aromatic heterocycles. The maximum Gasteiger partial charge on any atom is 0.333 e. The predicted molar refractivity (Wildman–Crippen MR) is 68.9 cm³/mol. The molecule has 1 aliphatic rings. The first kappa shape index (κ1) is 14.1. The van der Waals surface area contributed by atoms with Crippen LogP contribution in [0.5, 0.6) is 0 Å². The number of likely N-dealkylation sites (tertiary alicyclic amines) is 1. The highest BCUT2D eigenvalue weighted by Gasteiger charge is 2.18. The number of rotatable bonds is 7. The van der Waals surface area contributed by atoms with E-state index in [4.69, 9.17) is 4.74 Å². The van der Waals surface area contributed by atoms with Crippen LogP contribution in [0.3, 0.4) is 0 Å². The molecule has 0 aliphatic carbocycles. The highest BCUT2D eigenvalue weighted by atomic mass is 32.2. The highest BCUT2D eigenvalue weighted by Crippen LogP contribution is 2.10. The monoisotopic (exact) mass is 257 g/mol. The topological polar surface area (TPSA) is 46.6 Å². The van der Waals surface area contributed by atoms with Crippen molar-refractivity contribution in [2.24, 2.45) is 0 Å². The summed E-state index contributed by atoms with van der Waals surface area (Å²) in [7, 11) is 0. The number of hydrogen-bond acceptors (Lipinski definition) is 4. The average Bonchev–Trinajstić information content (AvgIpc) is 2.68. The third-order valence-corrected chi connectivity index (χ3v) is 3.41. The van der Waals surface area contributed by atoms with E-state index >= 15 is 0 Å². The van der Waals surface area contributed by atoms with Crippen LogP contribution < -0.4 is 0 Å². The number of ether oxygens (including phenoxy) is 1. The molecule has 17 heavy (non-hydrogen) atoms. The van der Waals surface area contributed by atoms with E-state index in [0.717, 1.165) is 31.0 Å². The van der Waals surface area contributed by atoms with Gasteiger partial charge in [0.25, 0.3) is 0 Å². The van der Waals surface area contributed by atoms with Gasteiger partial charge in [0.1, 0.15) is 6.61 Å². The Labute approximate surface area is 106 Å². The molecule has 0 unspecified atom stereocenters. The molecule has 0 aromatic carbocycles. The molecule has 5 heteroatoms. The molecule has 1 rings (SSSR count). The lowest BCUT2D eigenvalue weighted by atomic mass is 10.4. The van der Waals surface area contributed by atoms with Crippen LogP contribution >= 0.6 is 11.8 Å². The Morgan fingerprint density at radius 3 is 2.88 bits per heavy atom. The van der Waals surface area contributed by atoms with Crippen molar-refractivity contribution in [1.82, 2.24) is 4.90 Å². The van der Waals surface area contributed by atoms with E-state index < -0.39 is 0 Å². The average molecular weight is 257 g/mol. The van der Waals surface area contributed by atoms with Gasteiger partial charge in [0, 0.05) is 36.6 Å². The molecule has 0 radical (unpaired) electrons. The first-order valence-corrected chi connectivity index (χ1v) is 6.95. The standard InChI is InChI=1S/C12H19NO3S/c1-10(2)12(15)16-7-9-17-8-6-13-5-3-4-11(13)14/h1,3-9H2,2H3. The van der Waals surface area contributed by atoms with Crippen LogP contribution in [-0.2, 0) is 14.3 Å². The van der Waals surface area contributed by atoms with E-state index in [2.05, 4.69) is 6.58 Å². The third kappa shape index (κ3) is 5.26. The van der Waals surface area contributed by atoms with Crippen molar-refractivity contribution in [3.05, 3.63) is 12.2 Å². The Bertz CT molecular complexity index is 304. The minimum absolute atomic E-state index is 0.263. The van der Waals surface area contributed by atoms with Gasteiger partial charge in [-0.05, 0) is 13.3 Å². The quantitative estimate of drug-likeness (QED) is 0.393. The fraction of sp³-hybridized carbons (Fsp3) is 0.667. The van der Waals surface area contributed by atoms with Crippen molar-refractivity contribution >= 4 is 23.6 Å². The Kier molecular flexibility index (Phi) is 6.11. The summed E-state index contributed by atoms with van der Waals surface area (Å²) in [4.78, 5) is 24.2. The molecule has 1 fully saturated rings. The smallest absolute Gasteiger partial charge is 0.333 e. The van der Waals surface area contributed by atoms with Crippen LogP contribution in [0, 0.1) is 0 Å². The van der Waals surface area contributed by atoms with Gasteiger partial charge in [0.05, 0.1) is 0 Å². The van der Waals surface area contributed by atoms with Gasteiger partial charge in [-0.15, -0.1) is 0 Å². The van der Waals surface area contributed by atoms with E-state index in [1.54, 1.807) is 18.7 Å². The van der Waals surface area contributed by atoms with Crippen molar-refractivity contribution in [2.75, 3.05) is 31.2 Å². The summed E-state index contributed by atoms with van der Waals surface area (Å²) in [6, 6.07) is 0. The second-order valence-electron chi connectivity index (χ2n) is 4.01. The number of amides is 1. The zero-order valence-electron chi connectivity index (χ0n) is 10.2. The molecule has 0 saturated carbocycles. The zero-order chi connectivity index (χ0) is 12.7. The van der Waals surface area contributed by atoms with Crippen molar-refractivity contribution in [3.63, 3.8) is 0 Å². The van der Waals surface area contributed by atoms with Crippen LogP contribution in [0.1, 0.15) is 19.8 Å². The zero-order valence-corrected chi connectivity index (χ0v) is 11.1. The molecule has 0 atom stereocenters. The number of hydrogen-bond donors (Lipinski definition) is 0. The molecule has 1 amide bonds. The van der Waals surface area contributed by atoms with Gasteiger partial charge in [0.15, 0.2) is 0 Å². The number of carbonyl (C=O) groups excluding carboxylic acids is 2. The Morgan fingerprint density at radius 1 is 1.53 bits per heavy atom. The Hall–Kier alpha value is -0.970. The summed E-state index contributed by atoms with van der Waals surface area (Å²) >= 11 is 1.70. The minimum atomic E-state index is -0.333. The summed E-state index contributed by atoms with van der Waals surface area (Å²) < 4.78 is 4.96. The van der Waals surface area contributed by atoms with Crippen molar-refractivity contribution in [3.8, 4) is 0 Å². The normalized spacial score (nSPS) is 15.1. The van der Waals surface area contributed by atoms with E-state index in [1.165, 1.54) is 0 Å². The molecule has 1 heterocycles. The van der Waals surface area contributed by atoms with Crippen LogP contribution in [0.25, 0.3) is 0 Å². The van der Waals surface area contributed by atoms with Crippen molar-refractivity contribution in [2.45, 2.75) is 19.8 Å². The van der Waals surface area contributed by atoms with E-state index in [1.807, 2.05) is 4.90 Å². The van der Waals surface area contributed by atoms with Crippen LogP contribution in [0.2, 0.25) is 0 Å². The van der Waals surface area contributed by atoms with Gasteiger partial charge in [0.2, 0.25) is 5.91 Å². The fourth-order valence-corrected chi connectivity index (χ4v) is 2.29. The van der Waals surface area contributed by atoms with E-state index in [9.17, 15) is 9.59 Å². The van der Waals surface area contributed by atoms with Crippen LogP contribution in [-0.4, -0.2) is 48.0 Å². The van der Waals surface area contributed by atoms with Crippen molar-refractivity contribution < 1.29 is 14.3 Å². The van der Waals surface area contributed by atoms with Gasteiger partial charge >= 0.3 is 5.97 Å². The summed E-state index contributed by atoms with van der Waals surface area (Å²) in [6.45, 7) is 7.24. The Balaban J connectivity index is 1.96. The second-order valence-corrected chi connectivity index (χ2v) is 5.24. The molecule has 1 aliphatic heterocycles. The SMILES string of the molecule is C=C(C)C(=O)OCCSCCN1CCCC1=O. The predicted octanol–water partition coefficient (Wildman–Crippen LogP) is 1.46. The maximum atomic E-state index is 11.3. The molecular formula is C12H19NO3S. The fourth-order valence-electron chi connectivity index (χ4n) is 1.53. The molecule has 0 spiro atoms. The summed E-state index contributed by atoms with van der Waals surface area (Å²) in [5.41, 5.74) is 0.428. The minimum Gasteiger partial charge on any atom is -0.461 e. The molecular weight excluding hydrogens is 238 g/mol. The van der Waals surface area contributed by atoms with Crippen molar-refractivity contribution in [1.29, 1.82) is 0 Å². The largest absolute Gasteiger partial charge is 0.461 e. The van der Waals surface area contributed by atoms with Gasteiger partial charge < -0.3 is 9.64 Å². The molecule has 1 saturated heterocycles. The molecule has 0 bridgehead atoms. The molecule has 0 N–H and O–H groups in total. The van der Waals surface area contributed by atoms with Gasteiger partial charge in [-0.3, -0.25) is 4.79 Å². The van der Waals surface area contributed by atoms with E-state index in [0.29, 0.717) is 18.6 Å². The maximum absolute atomic E-state index is 11.3. The van der Waals surface area contributed by atoms with Crippen LogP contribution in [0.4, 0.5) is 0 Å². The molecule has 96 valence electrons. The van der Waals surface area contributed by atoms with E-state index in [-0.39, 0.29) is 11.9 Å². The molecule has 4 nitrogen and oxygen atoms in total. The second kappa shape index (κ2) is 7.37. The third-order valence-electron chi connectivity index (χ3n) is 2.49. The van der Waals surface area contributed by atoms with Gasteiger partial charge in [-0.1, -0.05) is 6.58 Å². The highest BCUT2D eigenvalue weighted by molar-refractivity contribution is 7.99. The lowest BCUT2D eigenvalue weighted by Gasteiger charge is -2.14. The Morgan fingerprint density at radius 2 is 2.29 bits per heavy atom.